The predicted octanol–water partition coefficient (Wildman–Crippen LogP) is 4.33. The van der Waals surface area contributed by atoms with Crippen LogP contribution in [0.25, 0.3) is 0 Å². The summed E-state index contributed by atoms with van der Waals surface area (Å²) >= 11 is 0. The number of fused-ring (bicyclic) bond motifs is 1. The van der Waals surface area contributed by atoms with Gasteiger partial charge in [0.25, 0.3) is 0 Å². The van der Waals surface area contributed by atoms with Crippen LogP contribution in [0.4, 0.5) is 5.69 Å². The highest BCUT2D eigenvalue weighted by molar-refractivity contribution is 5.54. The van der Waals surface area contributed by atoms with Crippen LogP contribution in [0.15, 0.2) is 54.6 Å². The second kappa shape index (κ2) is 7.14. The van der Waals surface area contributed by atoms with Gasteiger partial charge in [0.2, 0.25) is 0 Å². The third-order valence-corrected chi connectivity index (χ3v) is 6.05. The molecule has 2 aromatic carbocycles. The van der Waals surface area contributed by atoms with Crippen LogP contribution in [0.2, 0.25) is 0 Å². The minimum Gasteiger partial charge on any atom is -0.357 e. The molecule has 2 heterocycles. The van der Waals surface area contributed by atoms with E-state index in [0.717, 1.165) is 18.8 Å². The molecule has 1 atom stereocenters. The molecule has 0 amide bonds. The summed E-state index contributed by atoms with van der Waals surface area (Å²) in [6.07, 6.45) is 7.28. The lowest BCUT2D eigenvalue weighted by molar-refractivity contribution is 0.313. The molecule has 1 aliphatic heterocycles. The Hall–Kier alpha value is -2.69. The highest BCUT2D eigenvalue weighted by atomic mass is 15.6. The highest BCUT2D eigenvalue weighted by Gasteiger charge is 2.34. The van der Waals surface area contributed by atoms with Crippen molar-refractivity contribution >= 4 is 5.69 Å². The third kappa shape index (κ3) is 3.01. The summed E-state index contributed by atoms with van der Waals surface area (Å²) in [5.41, 5.74) is 3.97. The van der Waals surface area contributed by atoms with Crippen molar-refractivity contribution in [3.8, 4) is 0 Å². The lowest BCUT2D eigenvalue weighted by Gasteiger charge is -2.39. The van der Waals surface area contributed by atoms with E-state index >= 15 is 0 Å². The topological polar surface area (TPSA) is 46.8 Å². The van der Waals surface area contributed by atoms with Crippen molar-refractivity contribution in [2.75, 3.05) is 11.4 Å². The summed E-state index contributed by atoms with van der Waals surface area (Å²) in [5.74, 6) is 0.984. The maximum Gasteiger partial charge on any atom is 0.178 e. The number of aromatic nitrogens is 4. The summed E-state index contributed by atoms with van der Waals surface area (Å²) in [7, 11) is 0. The summed E-state index contributed by atoms with van der Waals surface area (Å²) in [6, 6.07) is 19.9. The third-order valence-electron chi connectivity index (χ3n) is 6.05. The molecule has 0 spiro atoms. The molecule has 1 saturated carbocycles. The second-order valence-corrected chi connectivity index (χ2v) is 7.65. The van der Waals surface area contributed by atoms with E-state index in [1.54, 1.807) is 0 Å². The Labute approximate surface area is 160 Å². The number of nitrogens with zero attached hydrogens (tertiary/aromatic N) is 5. The first-order valence-corrected chi connectivity index (χ1v) is 10.1. The zero-order chi connectivity index (χ0) is 18.1. The number of para-hydroxylation sites is 1. The predicted molar refractivity (Wildman–Crippen MR) is 106 cm³/mol. The summed E-state index contributed by atoms with van der Waals surface area (Å²) in [6.45, 7) is 0.975. The molecule has 1 unspecified atom stereocenters. The van der Waals surface area contributed by atoms with Gasteiger partial charge >= 0.3 is 0 Å². The van der Waals surface area contributed by atoms with Gasteiger partial charge in [-0.15, -0.1) is 5.10 Å². The molecule has 0 N–H and O–H groups in total. The molecule has 0 radical (unpaired) electrons. The molecular formula is C22H25N5. The fraction of sp³-hybridized carbons (Fsp3) is 0.409. The summed E-state index contributed by atoms with van der Waals surface area (Å²) in [5, 5.41) is 13.1. The van der Waals surface area contributed by atoms with E-state index in [1.807, 2.05) is 0 Å². The second-order valence-electron chi connectivity index (χ2n) is 7.65. The fourth-order valence-electron chi connectivity index (χ4n) is 4.71. The molecule has 0 saturated heterocycles. The van der Waals surface area contributed by atoms with Gasteiger partial charge in [0.1, 0.15) is 6.04 Å². The molecule has 0 bridgehead atoms. The monoisotopic (exact) mass is 359 g/mol. The van der Waals surface area contributed by atoms with Crippen molar-refractivity contribution in [3.63, 3.8) is 0 Å². The van der Waals surface area contributed by atoms with Gasteiger partial charge in [-0.25, -0.2) is 4.68 Å². The Morgan fingerprint density at radius 3 is 2.48 bits per heavy atom. The van der Waals surface area contributed by atoms with Crippen LogP contribution in [0.1, 0.15) is 61.1 Å². The maximum atomic E-state index is 4.55. The van der Waals surface area contributed by atoms with Gasteiger partial charge in [-0.2, -0.15) is 0 Å². The molecule has 5 rings (SSSR count). The molecule has 1 aliphatic carbocycles. The lowest BCUT2D eigenvalue weighted by Crippen LogP contribution is -2.38. The normalized spacial score (nSPS) is 20.4. The first kappa shape index (κ1) is 16.5. The van der Waals surface area contributed by atoms with E-state index in [1.165, 1.54) is 48.9 Å². The average molecular weight is 359 g/mol. The minimum absolute atomic E-state index is 0.0641. The number of tetrazole rings is 1. The average Bonchev–Trinajstić information content (AvgIpc) is 3.23. The number of anilines is 1. The maximum absolute atomic E-state index is 4.55. The first-order valence-electron chi connectivity index (χ1n) is 10.1. The van der Waals surface area contributed by atoms with Crippen molar-refractivity contribution in [1.82, 2.24) is 20.2 Å². The van der Waals surface area contributed by atoms with Crippen LogP contribution in [0.5, 0.6) is 0 Å². The Morgan fingerprint density at radius 1 is 0.852 bits per heavy atom. The van der Waals surface area contributed by atoms with Crippen molar-refractivity contribution in [2.24, 2.45) is 0 Å². The van der Waals surface area contributed by atoms with Crippen LogP contribution in [0.3, 0.4) is 0 Å². The minimum atomic E-state index is 0.0641. The zero-order valence-corrected chi connectivity index (χ0v) is 15.5. The van der Waals surface area contributed by atoms with Gasteiger partial charge in [-0.3, -0.25) is 0 Å². The smallest absolute Gasteiger partial charge is 0.178 e. The Morgan fingerprint density at radius 2 is 1.63 bits per heavy atom. The summed E-state index contributed by atoms with van der Waals surface area (Å²) < 4.78 is 2.13. The van der Waals surface area contributed by atoms with E-state index < -0.39 is 0 Å². The lowest BCUT2D eigenvalue weighted by atomic mass is 9.90. The van der Waals surface area contributed by atoms with E-state index in [2.05, 4.69) is 79.7 Å². The Kier molecular flexibility index (Phi) is 4.36. The number of hydrogen-bond donors (Lipinski definition) is 0. The molecule has 2 aliphatic rings. The van der Waals surface area contributed by atoms with Gasteiger partial charge in [-0.05, 0) is 52.9 Å². The van der Waals surface area contributed by atoms with E-state index in [0.29, 0.717) is 6.04 Å². The molecule has 138 valence electrons. The van der Waals surface area contributed by atoms with Gasteiger partial charge in [0.15, 0.2) is 5.82 Å². The van der Waals surface area contributed by atoms with Crippen LogP contribution >= 0.6 is 0 Å². The van der Waals surface area contributed by atoms with Crippen LogP contribution in [-0.4, -0.2) is 26.8 Å². The quantitative estimate of drug-likeness (QED) is 0.698. The molecule has 1 aromatic heterocycles. The molecule has 3 aromatic rings. The van der Waals surface area contributed by atoms with Crippen LogP contribution < -0.4 is 4.90 Å². The van der Waals surface area contributed by atoms with E-state index in [-0.39, 0.29) is 6.04 Å². The molecule has 27 heavy (non-hydrogen) atoms. The number of rotatable bonds is 3. The Bertz CT molecular complexity index is 898. The molecule has 5 nitrogen and oxygen atoms in total. The van der Waals surface area contributed by atoms with Crippen molar-refractivity contribution in [1.29, 1.82) is 0 Å². The fourth-order valence-corrected chi connectivity index (χ4v) is 4.71. The summed E-state index contributed by atoms with van der Waals surface area (Å²) in [4.78, 5) is 2.47. The standard InChI is InChI=1S/C22H25N5/c1-3-10-18(11-4-1)26-16-15-17-9-7-8-14-20(17)21(26)22-23-24-25-27(22)19-12-5-2-6-13-19/h1,3-4,7-11,14,19,21H,2,5-6,12-13,15-16H2. The molecule has 1 fully saturated rings. The van der Waals surface area contributed by atoms with Gasteiger partial charge in [0.05, 0.1) is 6.04 Å². The van der Waals surface area contributed by atoms with E-state index in [4.69, 9.17) is 0 Å². The van der Waals surface area contributed by atoms with Crippen LogP contribution in [0, 0.1) is 0 Å². The molecule has 5 heteroatoms. The number of hydrogen-bond acceptors (Lipinski definition) is 4. The van der Waals surface area contributed by atoms with Crippen molar-refractivity contribution in [2.45, 2.75) is 50.6 Å². The van der Waals surface area contributed by atoms with Crippen molar-refractivity contribution in [3.05, 3.63) is 71.5 Å². The largest absolute Gasteiger partial charge is 0.357 e. The van der Waals surface area contributed by atoms with Gasteiger partial charge in [-0.1, -0.05) is 61.7 Å². The first-order chi connectivity index (χ1) is 13.4. The van der Waals surface area contributed by atoms with Gasteiger partial charge in [0, 0.05) is 12.2 Å². The SMILES string of the molecule is c1ccc(N2CCc3ccccc3C2c2nnnn2C2CCCCC2)cc1. The number of benzene rings is 2. The van der Waals surface area contributed by atoms with Crippen molar-refractivity contribution < 1.29 is 0 Å². The van der Waals surface area contributed by atoms with Gasteiger partial charge < -0.3 is 4.90 Å². The molecular weight excluding hydrogens is 334 g/mol. The Balaban J connectivity index is 1.61. The highest BCUT2D eigenvalue weighted by Crippen LogP contribution is 2.39. The zero-order valence-electron chi connectivity index (χ0n) is 15.5. The van der Waals surface area contributed by atoms with E-state index in [9.17, 15) is 0 Å². The van der Waals surface area contributed by atoms with Crippen LogP contribution in [-0.2, 0) is 6.42 Å².